The summed E-state index contributed by atoms with van der Waals surface area (Å²) in [5, 5.41) is 10.6. The Morgan fingerprint density at radius 2 is 1.82 bits per heavy atom. The first-order chi connectivity index (χ1) is 13.5. The number of hydrogen-bond acceptors (Lipinski definition) is 4. The third-order valence-corrected chi connectivity index (χ3v) is 5.09. The van der Waals surface area contributed by atoms with Crippen molar-refractivity contribution in [1.82, 2.24) is 29.5 Å². The molecule has 0 fully saturated rings. The first kappa shape index (κ1) is 18.1. The van der Waals surface area contributed by atoms with Gasteiger partial charge in [-0.1, -0.05) is 41.9 Å². The van der Waals surface area contributed by atoms with Gasteiger partial charge in [0.1, 0.15) is 17.2 Å². The Hall–Kier alpha value is -3.32. The zero-order chi connectivity index (χ0) is 19.8. The van der Waals surface area contributed by atoms with Crippen molar-refractivity contribution in [2.24, 2.45) is 7.05 Å². The smallest absolute Gasteiger partial charge is 0.157 e. The van der Waals surface area contributed by atoms with Gasteiger partial charge in [-0.15, -0.1) is 0 Å². The molecule has 0 aliphatic carbocycles. The van der Waals surface area contributed by atoms with Gasteiger partial charge in [-0.3, -0.25) is 4.68 Å². The van der Waals surface area contributed by atoms with Crippen molar-refractivity contribution in [1.29, 1.82) is 0 Å². The number of aromatic amines is 1. The quantitative estimate of drug-likeness (QED) is 0.535. The number of fused-ring (bicyclic) bond motifs is 1. The molecule has 0 radical (unpaired) electrons. The van der Waals surface area contributed by atoms with E-state index in [2.05, 4.69) is 20.2 Å². The van der Waals surface area contributed by atoms with E-state index in [4.69, 9.17) is 17.3 Å². The van der Waals surface area contributed by atoms with E-state index in [1.807, 2.05) is 57.3 Å². The second kappa shape index (κ2) is 7.01. The lowest BCUT2D eigenvalue weighted by molar-refractivity contribution is 0.790. The van der Waals surface area contributed by atoms with Crippen LogP contribution < -0.4 is 5.73 Å². The van der Waals surface area contributed by atoms with Crippen LogP contribution in [-0.2, 0) is 7.05 Å². The number of H-pyrrole nitrogens is 1. The van der Waals surface area contributed by atoms with Crippen LogP contribution in [0.5, 0.6) is 0 Å². The highest BCUT2D eigenvalue weighted by Crippen LogP contribution is 2.26. The van der Waals surface area contributed by atoms with Crippen molar-refractivity contribution >= 4 is 28.5 Å². The molecule has 0 spiro atoms. The monoisotopic (exact) mass is 393 g/mol. The molecule has 142 valence electrons. The van der Waals surface area contributed by atoms with Crippen LogP contribution in [0.3, 0.4) is 0 Å². The number of nitrogens with zero attached hydrogens (tertiary/aromatic N) is 5. The van der Waals surface area contributed by atoms with Gasteiger partial charge in [-0.05, 0) is 19.9 Å². The van der Waals surface area contributed by atoms with Crippen molar-refractivity contribution in [3.05, 3.63) is 65.1 Å². The lowest BCUT2D eigenvalue weighted by atomic mass is 10.1. The fourth-order valence-electron chi connectivity index (χ4n) is 3.16. The summed E-state index contributed by atoms with van der Waals surface area (Å²) in [6, 6.07) is 13.6. The molecule has 0 bridgehead atoms. The van der Waals surface area contributed by atoms with Gasteiger partial charge < -0.3 is 10.7 Å². The summed E-state index contributed by atoms with van der Waals surface area (Å²) in [7, 11) is 1.87. The highest BCUT2D eigenvalue weighted by Gasteiger charge is 2.12. The molecule has 4 rings (SSSR count). The normalized spacial score (nSPS) is 11.0. The number of rotatable bonds is 2. The topological polar surface area (TPSA) is 90.3 Å². The van der Waals surface area contributed by atoms with Crippen LogP contribution >= 0.6 is 11.6 Å². The molecule has 4 aromatic rings. The summed E-state index contributed by atoms with van der Waals surface area (Å²) in [5.74, 6) is 0.991. The number of nitrogens with two attached hydrogens (primary N) is 1. The average molecular weight is 394 g/mol. The van der Waals surface area contributed by atoms with E-state index in [-0.39, 0.29) is 0 Å². The molecule has 28 heavy (non-hydrogen) atoms. The molecule has 0 saturated carbocycles. The molecule has 7 nitrogen and oxygen atoms in total. The van der Waals surface area contributed by atoms with Crippen molar-refractivity contribution < 1.29 is 0 Å². The second-order valence-electron chi connectivity index (χ2n) is 6.52. The number of aromatic nitrogens is 6. The summed E-state index contributed by atoms with van der Waals surface area (Å²) in [5.41, 5.74) is 10.4. The predicted molar refractivity (Wildman–Crippen MR) is 112 cm³/mol. The summed E-state index contributed by atoms with van der Waals surface area (Å²) in [6.07, 6.45) is 1.73. The van der Waals surface area contributed by atoms with Crippen LogP contribution in [0, 0.1) is 13.8 Å². The first-order valence-corrected chi connectivity index (χ1v) is 9.16. The minimum absolute atomic E-state index is 0.426. The fourth-order valence-corrected chi connectivity index (χ4v) is 3.27. The minimum atomic E-state index is 0.426. The number of nitrogen functional groups attached to an aromatic ring is 1. The van der Waals surface area contributed by atoms with Gasteiger partial charge in [0.05, 0.1) is 16.4 Å². The van der Waals surface area contributed by atoms with E-state index in [0.29, 0.717) is 16.7 Å². The van der Waals surface area contributed by atoms with Crippen LogP contribution in [0.4, 0.5) is 5.82 Å². The molecule has 0 unspecified atom stereocenters. The number of anilines is 1. The zero-order valence-corrected chi connectivity index (χ0v) is 16.6. The molecule has 0 amide bonds. The SMILES string of the molecule is Cc1nn(-c2cc(N)[nH]c3c(ccn2)c(-c2ccccc2)nn3C)c(C)c1Cl. The molecule has 8 heteroatoms. The first-order valence-electron chi connectivity index (χ1n) is 8.78. The standard InChI is InChI=1S/C20H20ClN7/c1-12-18(21)13(2)28(25-12)17-11-16(22)24-20-15(9-10-23-17)19(26-27(20)3)14-7-5-4-6-8-14/h4-11,24H,22H2,1-3H3. The summed E-state index contributed by atoms with van der Waals surface area (Å²) in [4.78, 5) is 7.80. The van der Waals surface area contributed by atoms with E-state index >= 15 is 0 Å². The Balaban J connectivity index is 1.99. The molecule has 3 aromatic heterocycles. The molecule has 3 heterocycles. The fraction of sp³-hybridized carbons (Fsp3) is 0.150. The lowest BCUT2D eigenvalue weighted by Gasteiger charge is -2.01. The summed E-state index contributed by atoms with van der Waals surface area (Å²) < 4.78 is 3.46. The van der Waals surface area contributed by atoms with Crippen LogP contribution in [0.1, 0.15) is 11.4 Å². The van der Waals surface area contributed by atoms with Crippen LogP contribution in [0.2, 0.25) is 5.02 Å². The second-order valence-corrected chi connectivity index (χ2v) is 6.90. The molecule has 1 aromatic carbocycles. The minimum Gasteiger partial charge on any atom is -0.385 e. The van der Waals surface area contributed by atoms with Crippen LogP contribution in [0.25, 0.3) is 28.1 Å². The van der Waals surface area contributed by atoms with Crippen molar-refractivity contribution in [3.8, 4) is 17.1 Å². The Labute approximate surface area is 167 Å². The van der Waals surface area contributed by atoms with E-state index in [1.54, 1.807) is 21.6 Å². The van der Waals surface area contributed by atoms with Gasteiger partial charge in [0.25, 0.3) is 0 Å². The van der Waals surface area contributed by atoms with Crippen molar-refractivity contribution in [3.63, 3.8) is 0 Å². The maximum Gasteiger partial charge on any atom is 0.157 e. The van der Waals surface area contributed by atoms with E-state index < -0.39 is 0 Å². The van der Waals surface area contributed by atoms with Gasteiger partial charge >= 0.3 is 0 Å². The molecule has 0 saturated heterocycles. The predicted octanol–water partition coefficient (Wildman–Crippen LogP) is 4.13. The molecular weight excluding hydrogens is 374 g/mol. The average Bonchev–Trinajstić information content (AvgIpc) is 3.15. The number of nitrogens with one attached hydrogen (secondary N) is 1. The third kappa shape index (κ3) is 3.10. The molecule has 0 atom stereocenters. The van der Waals surface area contributed by atoms with Gasteiger partial charge in [-0.2, -0.15) is 10.2 Å². The van der Waals surface area contributed by atoms with E-state index in [1.165, 1.54) is 0 Å². The molecule has 3 N–H and O–H groups in total. The maximum atomic E-state index is 6.29. The Morgan fingerprint density at radius 1 is 1.07 bits per heavy atom. The zero-order valence-electron chi connectivity index (χ0n) is 15.8. The van der Waals surface area contributed by atoms with Gasteiger partial charge in [0, 0.05) is 30.3 Å². The van der Waals surface area contributed by atoms with Gasteiger partial charge in [0.15, 0.2) is 5.82 Å². The number of hydrogen-bond donors (Lipinski definition) is 2. The summed E-state index contributed by atoms with van der Waals surface area (Å²) in [6.45, 7) is 3.75. The molecule has 0 aliphatic rings. The largest absolute Gasteiger partial charge is 0.385 e. The van der Waals surface area contributed by atoms with E-state index in [9.17, 15) is 0 Å². The number of aryl methyl sites for hydroxylation is 2. The number of halogens is 1. The van der Waals surface area contributed by atoms with Crippen molar-refractivity contribution in [2.45, 2.75) is 13.8 Å². The Morgan fingerprint density at radius 3 is 2.50 bits per heavy atom. The van der Waals surface area contributed by atoms with Crippen molar-refractivity contribution in [2.75, 3.05) is 5.73 Å². The highest BCUT2D eigenvalue weighted by atomic mass is 35.5. The lowest BCUT2D eigenvalue weighted by Crippen LogP contribution is -2.01. The number of benzene rings is 1. The highest BCUT2D eigenvalue weighted by molar-refractivity contribution is 6.31. The van der Waals surface area contributed by atoms with Crippen LogP contribution in [-0.4, -0.2) is 29.5 Å². The van der Waals surface area contributed by atoms with Gasteiger partial charge in [-0.25, -0.2) is 9.67 Å². The molecular formula is C20H20ClN7. The molecule has 0 aliphatic heterocycles. The Bertz CT molecular complexity index is 1220. The summed E-state index contributed by atoms with van der Waals surface area (Å²) >= 11 is 6.29. The Kier molecular flexibility index (Phi) is 4.52. The van der Waals surface area contributed by atoms with E-state index in [0.717, 1.165) is 33.7 Å². The van der Waals surface area contributed by atoms with Crippen LogP contribution in [0.15, 0.2) is 48.7 Å². The third-order valence-electron chi connectivity index (χ3n) is 4.55. The van der Waals surface area contributed by atoms with Gasteiger partial charge in [0.2, 0.25) is 0 Å². The maximum absolute atomic E-state index is 6.29.